The van der Waals surface area contributed by atoms with Gasteiger partial charge in [0.05, 0.1) is 16.9 Å². The summed E-state index contributed by atoms with van der Waals surface area (Å²) < 4.78 is 5.01. The minimum atomic E-state index is -0.596. The number of aromatic nitrogens is 2. The van der Waals surface area contributed by atoms with Gasteiger partial charge < -0.3 is 9.32 Å². The SMILES string of the molecule is CCN(c1ncnc(NNC(=O)c2ccco2)c1[N+](=O)[O-])c1cccc2ccccc12. The Morgan fingerprint density at radius 2 is 1.94 bits per heavy atom. The lowest BCUT2D eigenvalue weighted by Crippen LogP contribution is -2.30. The maximum absolute atomic E-state index is 12.1. The van der Waals surface area contributed by atoms with E-state index < -0.39 is 10.8 Å². The van der Waals surface area contributed by atoms with Crippen molar-refractivity contribution in [3.05, 3.63) is 83.1 Å². The molecule has 0 atom stereocenters. The van der Waals surface area contributed by atoms with E-state index in [1.165, 1.54) is 18.7 Å². The van der Waals surface area contributed by atoms with Gasteiger partial charge in [0.1, 0.15) is 6.33 Å². The van der Waals surface area contributed by atoms with Crippen LogP contribution in [0.25, 0.3) is 10.8 Å². The zero-order chi connectivity index (χ0) is 21.8. The molecule has 10 heteroatoms. The van der Waals surface area contributed by atoms with Crippen LogP contribution < -0.4 is 15.8 Å². The number of hydrogen-bond donors (Lipinski definition) is 2. The van der Waals surface area contributed by atoms with E-state index in [9.17, 15) is 14.9 Å². The van der Waals surface area contributed by atoms with Gasteiger partial charge in [0, 0.05) is 11.9 Å². The van der Waals surface area contributed by atoms with E-state index in [-0.39, 0.29) is 23.1 Å². The summed E-state index contributed by atoms with van der Waals surface area (Å²) in [5, 5.41) is 13.9. The van der Waals surface area contributed by atoms with Crippen molar-refractivity contribution in [2.75, 3.05) is 16.9 Å². The number of benzene rings is 2. The summed E-state index contributed by atoms with van der Waals surface area (Å²) >= 11 is 0. The fourth-order valence-corrected chi connectivity index (χ4v) is 3.29. The molecule has 10 nitrogen and oxygen atoms in total. The fourth-order valence-electron chi connectivity index (χ4n) is 3.29. The normalized spacial score (nSPS) is 10.6. The molecule has 0 fully saturated rings. The summed E-state index contributed by atoms with van der Waals surface area (Å²) in [5.41, 5.74) is 5.27. The van der Waals surface area contributed by atoms with Crippen LogP contribution in [0, 0.1) is 10.1 Å². The van der Waals surface area contributed by atoms with Crippen LogP contribution in [0.2, 0.25) is 0 Å². The minimum absolute atomic E-state index is 0.0513. The molecule has 2 aromatic heterocycles. The molecule has 4 aromatic rings. The van der Waals surface area contributed by atoms with Crippen molar-refractivity contribution in [1.29, 1.82) is 0 Å². The highest BCUT2D eigenvalue weighted by Gasteiger charge is 2.28. The Morgan fingerprint density at radius 3 is 2.68 bits per heavy atom. The smallest absolute Gasteiger partial charge is 0.355 e. The Kier molecular flexibility index (Phi) is 5.43. The average molecular weight is 418 g/mol. The van der Waals surface area contributed by atoms with E-state index >= 15 is 0 Å². The monoisotopic (exact) mass is 418 g/mol. The predicted octanol–water partition coefficient (Wildman–Crippen LogP) is 4.05. The number of hydrazine groups is 1. The molecule has 0 aliphatic heterocycles. The Labute approximate surface area is 176 Å². The van der Waals surface area contributed by atoms with Gasteiger partial charge in [-0.15, -0.1) is 0 Å². The topological polar surface area (TPSA) is 126 Å². The first-order chi connectivity index (χ1) is 15.1. The molecule has 0 saturated heterocycles. The second-order valence-electron chi connectivity index (χ2n) is 6.45. The predicted molar refractivity (Wildman–Crippen MR) is 115 cm³/mol. The zero-order valence-electron chi connectivity index (χ0n) is 16.5. The Bertz CT molecular complexity index is 1240. The summed E-state index contributed by atoms with van der Waals surface area (Å²) in [6.07, 6.45) is 2.56. The van der Waals surface area contributed by atoms with Crippen molar-refractivity contribution in [2.45, 2.75) is 6.92 Å². The third-order valence-electron chi connectivity index (χ3n) is 4.65. The molecule has 0 aliphatic carbocycles. The van der Waals surface area contributed by atoms with E-state index in [0.717, 1.165) is 16.5 Å². The lowest BCUT2D eigenvalue weighted by Gasteiger charge is -2.24. The molecular weight excluding hydrogens is 400 g/mol. The van der Waals surface area contributed by atoms with Gasteiger partial charge in [-0.25, -0.2) is 9.97 Å². The van der Waals surface area contributed by atoms with Gasteiger partial charge in [-0.3, -0.25) is 25.8 Å². The molecule has 2 N–H and O–H groups in total. The van der Waals surface area contributed by atoms with Crippen molar-refractivity contribution in [1.82, 2.24) is 15.4 Å². The molecule has 0 radical (unpaired) electrons. The number of carbonyl (C=O) groups excluding carboxylic acids is 1. The highest BCUT2D eigenvalue weighted by Crippen LogP contribution is 2.38. The standard InChI is InChI=1S/C21H18N6O4/c1-2-26(16-10-5-8-14-7-3-4-9-15(14)16)20-18(27(29)30)19(22-13-23-20)24-25-21(28)17-11-6-12-31-17/h3-13H,2H2,1H3,(H,25,28)(H,22,23,24). The Balaban J connectivity index is 1.74. The van der Waals surface area contributed by atoms with Gasteiger partial charge in [0.25, 0.3) is 0 Å². The number of carbonyl (C=O) groups is 1. The molecular formula is C21H18N6O4. The molecule has 0 spiro atoms. The summed E-state index contributed by atoms with van der Waals surface area (Å²) in [6.45, 7) is 2.30. The number of furan rings is 1. The van der Waals surface area contributed by atoms with Crippen LogP contribution in [0.15, 0.2) is 71.6 Å². The number of anilines is 3. The van der Waals surface area contributed by atoms with E-state index in [2.05, 4.69) is 20.8 Å². The third kappa shape index (κ3) is 3.86. The van der Waals surface area contributed by atoms with Crippen LogP contribution in [0.4, 0.5) is 23.0 Å². The molecule has 2 aromatic carbocycles. The maximum Gasteiger partial charge on any atom is 0.355 e. The van der Waals surface area contributed by atoms with Crippen LogP contribution in [0.3, 0.4) is 0 Å². The molecule has 0 unspecified atom stereocenters. The van der Waals surface area contributed by atoms with Crippen molar-refractivity contribution in [2.24, 2.45) is 0 Å². The van der Waals surface area contributed by atoms with Crippen molar-refractivity contribution in [3.8, 4) is 0 Å². The lowest BCUT2D eigenvalue weighted by molar-refractivity contribution is -0.383. The van der Waals surface area contributed by atoms with Crippen molar-refractivity contribution >= 4 is 39.7 Å². The number of fused-ring (bicyclic) bond motifs is 1. The van der Waals surface area contributed by atoms with Crippen LogP contribution in [-0.2, 0) is 0 Å². The van der Waals surface area contributed by atoms with E-state index in [1.54, 1.807) is 11.0 Å². The summed E-state index contributed by atoms with van der Waals surface area (Å²) in [5.74, 6) is -0.585. The minimum Gasteiger partial charge on any atom is -0.459 e. The second-order valence-corrected chi connectivity index (χ2v) is 6.45. The molecule has 1 amide bonds. The van der Waals surface area contributed by atoms with Gasteiger partial charge in [0.2, 0.25) is 11.6 Å². The molecule has 31 heavy (non-hydrogen) atoms. The summed E-state index contributed by atoms with van der Waals surface area (Å²) in [4.78, 5) is 33.4. The lowest BCUT2D eigenvalue weighted by atomic mass is 10.1. The number of nitrogens with zero attached hydrogens (tertiary/aromatic N) is 4. The first-order valence-electron chi connectivity index (χ1n) is 9.44. The molecule has 4 rings (SSSR count). The van der Waals surface area contributed by atoms with Crippen molar-refractivity contribution < 1.29 is 14.1 Å². The van der Waals surface area contributed by atoms with E-state index in [4.69, 9.17) is 4.42 Å². The van der Waals surface area contributed by atoms with Gasteiger partial charge in [-0.05, 0) is 30.5 Å². The Hall–Kier alpha value is -4.47. The van der Waals surface area contributed by atoms with E-state index in [0.29, 0.717) is 6.54 Å². The summed E-state index contributed by atoms with van der Waals surface area (Å²) in [6, 6.07) is 16.5. The largest absolute Gasteiger partial charge is 0.459 e. The number of hydrogen-bond acceptors (Lipinski definition) is 8. The number of nitro groups is 1. The van der Waals surface area contributed by atoms with Crippen LogP contribution in [0.1, 0.15) is 17.5 Å². The number of amides is 1. The highest BCUT2D eigenvalue weighted by molar-refractivity contribution is 5.97. The average Bonchev–Trinajstić information content (AvgIpc) is 3.33. The molecule has 156 valence electrons. The first-order valence-corrected chi connectivity index (χ1v) is 9.44. The molecule has 0 aliphatic rings. The molecule has 0 bridgehead atoms. The number of rotatable bonds is 7. The van der Waals surface area contributed by atoms with Crippen LogP contribution in [0.5, 0.6) is 0 Å². The quantitative estimate of drug-likeness (QED) is 0.340. The molecule has 2 heterocycles. The fraction of sp³-hybridized carbons (Fsp3) is 0.0952. The third-order valence-corrected chi connectivity index (χ3v) is 4.65. The van der Waals surface area contributed by atoms with E-state index in [1.807, 2.05) is 49.4 Å². The van der Waals surface area contributed by atoms with Gasteiger partial charge >= 0.3 is 11.6 Å². The highest BCUT2D eigenvalue weighted by atomic mass is 16.6. The first kappa shape index (κ1) is 19.8. The molecule has 0 saturated carbocycles. The van der Waals surface area contributed by atoms with Gasteiger partial charge in [0.15, 0.2) is 5.76 Å². The van der Waals surface area contributed by atoms with Gasteiger partial charge in [-0.1, -0.05) is 36.4 Å². The maximum atomic E-state index is 12.1. The van der Waals surface area contributed by atoms with Crippen LogP contribution in [-0.4, -0.2) is 27.3 Å². The van der Waals surface area contributed by atoms with Gasteiger partial charge in [-0.2, -0.15) is 0 Å². The zero-order valence-corrected chi connectivity index (χ0v) is 16.5. The summed E-state index contributed by atoms with van der Waals surface area (Å²) in [7, 11) is 0. The number of nitrogens with one attached hydrogen (secondary N) is 2. The Morgan fingerprint density at radius 1 is 1.13 bits per heavy atom. The second kappa shape index (κ2) is 8.49. The van der Waals surface area contributed by atoms with Crippen LogP contribution >= 0.6 is 0 Å². The van der Waals surface area contributed by atoms with Crippen molar-refractivity contribution in [3.63, 3.8) is 0 Å².